The van der Waals surface area contributed by atoms with Crippen molar-refractivity contribution < 1.29 is 14.5 Å². The maximum atomic E-state index is 11.9. The largest absolute Gasteiger partial charge is 0.338 e. The van der Waals surface area contributed by atoms with E-state index in [9.17, 15) is 9.59 Å². The van der Waals surface area contributed by atoms with E-state index in [1.807, 2.05) is 55.9 Å². The third-order valence-corrected chi connectivity index (χ3v) is 3.97. The molecule has 0 aliphatic rings. The zero-order valence-electron chi connectivity index (χ0n) is 15.2. The molecule has 3 amide bonds. The Kier molecular flexibility index (Phi) is 6.30. The number of rotatable bonds is 6. The van der Waals surface area contributed by atoms with Crippen LogP contribution < -0.4 is 15.5 Å². The van der Waals surface area contributed by atoms with Gasteiger partial charge < -0.3 is 10.2 Å². The van der Waals surface area contributed by atoms with Crippen LogP contribution in [0, 0.1) is 13.8 Å². The number of hydrogen-bond acceptors (Lipinski definition) is 3. The van der Waals surface area contributed by atoms with Gasteiger partial charge in [-0.2, -0.15) is 5.10 Å². The standard InChI is InChI=1S/C18H25N5O2/c1-5-19-18(25)20-17(24)12-22(4)11-16-13(2)21-23(14(16)3)15-9-7-6-8-10-15/h6-10H,5,11-12H2,1-4H3,(H2,19,20,24,25)/p+1. The molecule has 1 unspecified atom stereocenters. The topological polar surface area (TPSA) is 80.5 Å². The number of aryl methyl sites for hydroxylation is 1. The molecular weight excluding hydrogens is 318 g/mol. The molecule has 25 heavy (non-hydrogen) atoms. The van der Waals surface area contributed by atoms with Crippen LogP contribution in [0.3, 0.4) is 0 Å². The fourth-order valence-electron chi connectivity index (χ4n) is 2.77. The molecule has 0 aliphatic carbocycles. The molecular formula is C18H26N5O2+. The molecule has 0 bridgehead atoms. The lowest BCUT2D eigenvalue weighted by Crippen LogP contribution is -3.09. The average molecular weight is 344 g/mol. The van der Waals surface area contributed by atoms with E-state index in [1.54, 1.807) is 6.92 Å². The van der Waals surface area contributed by atoms with Crippen molar-refractivity contribution in [1.82, 2.24) is 20.4 Å². The summed E-state index contributed by atoms with van der Waals surface area (Å²) >= 11 is 0. The monoisotopic (exact) mass is 344 g/mol. The van der Waals surface area contributed by atoms with E-state index >= 15 is 0 Å². The highest BCUT2D eigenvalue weighted by atomic mass is 16.2. The van der Waals surface area contributed by atoms with E-state index in [-0.39, 0.29) is 12.5 Å². The number of benzene rings is 1. The Hall–Kier alpha value is -2.67. The molecule has 0 radical (unpaired) electrons. The van der Waals surface area contributed by atoms with Crippen LogP contribution in [0.15, 0.2) is 30.3 Å². The fourth-order valence-corrected chi connectivity index (χ4v) is 2.77. The molecule has 3 N–H and O–H groups in total. The molecule has 2 rings (SSSR count). The second kappa shape index (κ2) is 8.43. The van der Waals surface area contributed by atoms with Gasteiger partial charge >= 0.3 is 6.03 Å². The van der Waals surface area contributed by atoms with Gasteiger partial charge in [-0.25, -0.2) is 9.48 Å². The molecule has 134 valence electrons. The summed E-state index contributed by atoms with van der Waals surface area (Å²) in [6, 6.07) is 9.51. The summed E-state index contributed by atoms with van der Waals surface area (Å²) in [7, 11) is 1.93. The second-order valence-electron chi connectivity index (χ2n) is 6.12. The van der Waals surface area contributed by atoms with E-state index in [2.05, 4.69) is 15.7 Å². The van der Waals surface area contributed by atoms with Gasteiger partial charge in [-0.1, -0.05) is 18.2 Å². The van der Waals surface area contributed by atoms with E-state index in [4.69, 9.17) is 0 Å². The van der Waals surface area contributed by atoms with Gasteiger partial charge in [-0.05, 0) is 32.9 Å². The number of likely N-dealkylation sites (N-methyl/N-ethyl adjacent to an activating group) is 1. The zero-order chi connectivity index (χ0) is 18.4. The number of nitrogens with one attached hydrogen (secondary N) is 3. The number of imide groups is 1. The van der Waals surface area contributed by atoms with Crippen LogP contribution in [0.5, 0.6) is 0 Å². The van der Waals surface area contributed by atoms with Crippen molar-refractivity contribution in [3.05, 3.63) is 47.3 Å². The maximum Gasteiger partial charge on any atom is 0.321 e. The van der Waals surface area contributed by atoms with Gasteiger partial charge in [0, 0.05) is 6.54 Å². The molecule has 2 aromatic rings. The Morgan fingerprint density at radius 2 is 1.88 bits per heavy atom. The third-order valence-electron chi connectivity index (χ3n) is 3.97. The number of para-hydroxylation sites is 1. The molecule has 7 nitrogen and oxygen atoms in total. The van der Waals surface area contributed by atoms with Crippen LogP contribution in [-0.2, 0) is 11.3 Å². The highest BCUT2D eigenvalue weighted by molar-refractivity contribution is 5.94. The first-order valence-corrected chi connectivity index (χ1v) is 8.41. The molecule has 0 saturated heterocycles. The lowest BCUT2D eigenvalue weighted by Gasteiger charge is -2.14. The van der Waals surface area contributed by atoms with Crippen molar-refractivity contribution in [1.29, 1.82) is 0 Å². The molecule has 7 heteroatoms. The highest BCUT2D eigenvalue weighted by Crippen LogP contribution is 2.16. The predicted octanol–water partition coefficient (Wildman–Crippen LogP) is 0.350. The fraction of sp³-hybridized carbons (Fsp3) is 0.389. The number of quaternary nitrogens is 1. The molecule has 1 aromatic carbocycles. The number of aromatic nitrogens is 2. The van der Waals surface area contributed by atoms with Crippen molar-refractivity contribution in [2.24, 2.45) is 0 Å². The summed E-state index contributed by atoms with van der Waals surface area (Å²) in [6.07, 6.45) is 0. The number of nitrogens with zero attached hydrogens (tertiary/aromatic N) is 2. The van der Waals surface area contributed by atoms with Gasteiger partial charge in [0.2, 0.25) is 0 Å². The summed E-state index contributed by atoms with van der Waals surface area (Å²) in [5.74, 6) is -0.297. The van der Waals surface area contributed by atoms with Gasteiger partial charge in [-0.3, -0.25) is 10.1 Å². The first kappa shape index (κ1) is 18.7. The van der Waals surface area contributed by atoms with E-state index in [1.165, 1.54) is 0 Å². The minimum Gasteiger partial charge on any atom is -0.338 e. The lowest BCUT2D eigenvalue weighted by molar-refractivity contribution is -0.885. The Labute approximate surface area is 148 Å². The van der Waals surface area contributed by atoms with Crippen molar-refractivity contribution >= 4 is 11.9 Å². The molecule has 0 aliphatic heterocycles. The van der Waals surface area contributed by atoms with Crippen LogP contribution in [0.2, 0.25) is 0 Å². The molecule has 0 saturated carbocycles. The van der Waals surface area contributed by atoms with Gasteiger partial charge in [0.05, 0.1) is 29.7 Å². The van der Waals surface area contributed by atoms with Crippen molar-refractivity contribution in [2.75, 3.05) is 20.1 Å². The van der Waals surface area contributed by atoms with Crippen LogP contribution in [0.25, 0.3) is 5.69 Å². The quantitative estimate of drug-likeness (QED) is 0.707. The van der Waals surface area contributed by atoms with Gasteiger partial charge in [0.1, 0.15) is 6.54 Å². The molecule has 0 fully saturated rings. The average Bonchev–Trinajstić information content (AvgIpc) is 2.83. The Bertz CT molecular complexity index is 739. The van der Waals surface area contributed by atoms with Crippen molar-refractivity contribution in [3.8, 4) is 5.69 Å². The smallest absolute Gasteiger partial charge is 0.321 e. The molecule has 1 atom stereocenters. The van der Waals surface area contributed by atoms with E-state index in [0.29, 0.717) is 13.1 Å². The van der Waals surface area contributed by atoms with Crippen LogP contribution in [0.4, 0.5) is 4.79 Å². The summed E-state index contributed by atoms with van der Waals surface area (Å²) in [4.78, 5) is 24.3. The third kappa shape index (κ3) is 4.90. The number of amides is 3. The molecule has 1 heterocycles. The van der Waals surface area contributed by atoms with Crippen molar-refractivity contribution in [3.63, 3.8) is 0 Å². The van der Waals surface area contributed by atoms with Gasteiger partial charge in [-0.15, -0.1) is 0 Å². The Morgan fingerprint density at radius 3 is 2.52 bits per heavy atom. The van der Waals surface area contributed by atoms with Crippen molar-refractivity contribution in [2.45, 2.75) is 27.3 Å². The number of hydrogen-bond donors (Lipinski definition) is 3. The minimum atomic E-state index is -0.454. The zero-order valence-corrected chi connectivity index (χ0v) is 15.2. The first-order chi connectivity index (χ1) is 11.9. The summed E-state index contributed by atoms with van der Waals surface area (Å²) < 4.78 is 1.92. The van der Waals surface area contributed by atoms with E-state index in [0.717, 1.165) is 27.5 Å². The first-order valence-electron chi connectivity index (χ1n) is 8.41. The number of urea groups is 1. The summed E-state index contributed by atoms with van der Waals surface area (Å²) in [5, 5.41) is 9.50. The SMILES string of the molecule is CCNC(=O)NC(=O)C[NH+](C)Cc1c(C)nn(-c2ccccc2)c1C. The highest BCUT2D eigenvalue weighted by Gasteiger charge is 2.19. The lowest BCUT2D eigenvalue weighted by atomic mass is 10.2. The molecule has 0 spiro atoms. The maximum absolute atomic E-state index is 11.9. The van der Waals surface area contributed by atoms with Crippen LogP contribution in [-0.4, -0.2) is 41.9 Å². The van der Waals surface area contributed by atoms with Crippen LogP contribution in [0.1, 0.15) is 23.9 Å². The molecule has 1 aromatic heterocycles. The predicted molar refractivity (Wildman–Crippen MR) is 95.7 cm³/mol. The summed E-state index contributed by atoms with van der Waals surface area (Å²) in [5.41, 5.74) is 4.14. The van der Waals surface area contributed by atoms with Crippen LogP contribution >= 0.6 is 0 Å². The van der Waals surface area contributed by atoms with Gasteiger partial charge in [0.25, 0.3) is 5.91 Å². The Balaban J connectivity index is 2.04. The van der Waals surface area contributed by atoms with Gasteiger partial charge in [0.15, 0.2) is 6.54 Å². The summed E-state index contributed by atoms with van der Waals surface area (Å²) in [6.45, 7) is 7.17. The minimum absolute atomic E-state index is 0.215. The second-order valence-corrected chi connectivity index (χ2v) is 6.12. The number of carbonyl (C=O) groups excluding carboxylic acids is 2. The number of carbonyl (C=O) groups is 2. The Morgan fingerprint density at radius 1 is 1.20 bits per heavy atom. The normalized spacial score (nSPS) is 11.8. The van der Waals surface area contributed by atoms with E-state index < -0.39 is 6.03 Å².